The maximum atomic E-state index is 12.7. The van der Waals surface area contributed by atoms with E-state index in [4.69, 9.17) is 0 Å². The molecule has 0 bridgehead atoms. The number of carbonyl (C=O) groups is 3. The van der Waals surface area contributed by atoms with Gasteiger partial charge in [-0.1, -0.05) is 0 Å². The van der Waals surface area contributed by atoms with Crippen LogP contribution in [0.5, 0.6) is 0 Å². The minimum atomic E-state index is -3.76. The van der Waals surface area contributed by atoms with E-state index in [0.29, 0.717) is 44.7 Å². The van der Waals surface area contributed by atoms with Crippen LogP contribution in [-0.2, 0) is 26.0 Å². The number of nitrogens with zero attached hydrogens (tertiary/aromatic N) is 3. The van der Waals surface area contributed by atoms with Crippen LogP contribution < -0.4 is 14.5 Å². The Morgan fingerprint density at radius 2 is 1.60 bits per heavy atom. The molecule has 0 saturated carbocycles. The first kappa shape index (κ1) is 24.9. The summed E-state index contributed by atoms with van der Waals surface area (Å²) in [7, 11) is -3.76. The van der Waals surface area contributed by atoms with Crippen molar-refractivity contribution in [1.82, 2.24) is 9.62 Å². The van der Waals surface area contributed by atoms with Gasteiger partial charge in [0.2, 0.25) is 21.8 Å². The third-order valence-electron chi connectivity index (χ3n) is 6.54. The van der Waals surface area contributed by atoms with Gasteiger partial charge in [0.25, 0.3) is 0 Å². The number of ketones is 1. The molecule has 1 saturated heterocycles. The molecule has 0 aliphatic carbocycles. The Bertz CT molecular complexity index is 1240. The monoisotopic (exact) mass is 498 g/mol. The fraction of sp³-hybridized carbons (Fsp3) is 0.400. The minimum Gasteiger partial charge on any atom is -0.368 e. The topological polar surface area (TPSA) is 107 Å². The predicted molar refractivity (Wildman–Crippen MR) is 133 cm³/mol. The Balaban J connectivity index is 1.26. The molecule has 2 amide bonds. The Labute approximate surface area is 205 Å². The number of sulfonamides is 1. The molecule has 1 N–H and O–H groups in total. The number of hydrogen-bond donors (Lipinski definition) is 1. The van der Waals surface area contributed by atoms with Gasteiger partial charge in [-0.2, -0.15) is 0 Å². The predicted octanol–water partition coefficient (Wildman–Crippen LogP) is 1.82. The molecule has 9 nitrogen and oxygen atoms in total. The van der Waals surface area contributed by atoms with E-state index in [1.807, 2.05) is 24.3 Å². The highest BCUT2D eigenvalue weighted by Gasteiger charge is 2.25. The summed E-state index contributed by atoms with van der Waals surface area (Å²) < 4.78 is 28.0. The Hall–Kier alpha value is -3.24. The van der Waals surface area contributed by atoms with Gasteiger partial charge in [0.15, 0.2) is 5.78 Å². The Morgan fingerprint density at radius 3 is 2.23 bits per heavy atom. The van der Waals surface area contributed by atoms with E-state index in [0.717, 1.165) is 16.9 Å². The molecule has 0 aromatic heterocycles. The van der Waals surface area contributed by atoms with Crippen LogP contribution in [0.1, 0.15) is 36.2 Å². The van der Waals surface area contributed by atoms with E-state index in [2.05, 4.69) is 9.62 Å². The van der Waals surface area contributed by atoms with Crippen LogP contribution in [0.2, 0.25) is 0 Å². The molecule has 35 heavy (non-hydrogen) atoms. The molecule has 2 aromatic carbocycles. The van der Waals surface area contributed by atoms with Crippen molar-refractivity contribution >= 4 is 39.0 Å². The number of hydrogen-bond acceptors (Lipinski definition) is 6. The number of amides is 2. The zero-order chi connectivity index (χ0) is 25.2. The van der Waals surface area contributed by atoms with Gasteiger partial charge in [-0.3, -0.25) is 14.4 Å². The molecule has 2 aromatic rings. The van der Waals surface area contributed by atoms with Crippen LogP contribution in [0.4, 0.5) is 11.4 Å². The molecule has 1 fully saturated rings. The van der Waals surface area contributed by atoms with Gasteiger partial charge < -0.3 is 14.7 Å². The minimum absolute atomic E-state index is 0.0184. The average molecular weight is 499 g/mol. The molecule has 0 spiro atoms. The summed E-state index contributed by atoms with van der Waals surface area (Å²) in [4.78, 5) is 41.5. The second kappa shape index (κ2) is 10.2. The van der Waals surface area contributed by atoms with Gasteiger partial charge in [0.05, 0.1) is 4.90 Å². The molecule has 0 unspecified atom stereocenters. The first-order valence-electron chi connectivity index (χ1n) is 11.7. The van der Waals surface area contributed by atoms with Crippen LogP contribution in [0, 0.1) is 0 Å². The molecular formula is C25H30N4O5S. The summed E-state index contributed by atoms with van der Waals surface area (Å²) >= 11 is 0. The molecule has 2 heterocycles. The third-order valence-corrected chi connectivity index (χ3v) is 8.00. The molecule has 186 valence electrons. The summed E-state index contributed by atoms with van der Waals surface area (Å²) in [6.07, 6.45) is 0.694. The van der Waals surface area contributed by atoms with Crippen LogP contribution >= 0.6 is 0 Å². The third kappa shape index (κ3) is 5.54. The SMILES string of the molecule is CC(=O)c1ccc(N2CCN(C(=O)CCNS(=O)(=O)c3ccc4c(c3)CCN4C(C)=O)CC2)cc1. The van der Waals surface area contributed by atoms with Gasteiger partial charge in [-0.25, -0.2) is 13.1 Å². The lowest BCUT2D eigenvalue weighted by Gasteiger charge is -2.36. The summed E-state index contributed by atoms with van der Waals surface area (Å²) in [5.74, 6) is -0.133. The van der Waals surface area contributed by atoms with E-state index in [1.54, 1.807) is 21.9 Å². The normalized spacial score (nSPS) is 15.8. The molecule has 10 heteroatoms. The fourth-order valence-corrected chi connectivity index (χ4v) is 5.61. The molecule has 4 rings (SSSR count). The summed E-state index contributed by atoms with van der Waals surface area (Å²) in [6.45, 7) is 6.04. The lowest BCUT2D eigenvalue weighted by Crippen LogP contribution is -2.49. The van der Waals surface area contributed by atoms with Gasteiger partial charge in [-0.15, -0.1) is 0 Å². The number of benzene rings is 2. The van der Waals surface area contributed by atoms with Crippen molar-refractivity contribution < 1.29 is 22.8 Å². The quantitative estimate of drug-likeness (QED) is 0.584. The second-order valence-electron chi connectivity index (χ2n) is 8.83. The largest absolute Gasteiger partial charge is 0.368 e. The highest BCUT2D eigenvalue weighted by atomic mass is 32.2. The number of rotatable bonds is 7. The van der Waals surface area contributed by atoms with Crippen molar-refractivity contribution in [3.05, 3.63) is 53.6 Å². The van der Waals surface area contributed by atoms with Crippen molar-refractivity contribution in [2.24, 2.45) is 0 Å². The van der Waals surface area contributed by atoms with Crippen LogP contribution in [0.3, 0.4) is 0 Å². The standard InChI is InChI=1S/C25H30N4O5S/c1-18(30)20-3-5-22(6-4-20)27-13-15-28(16-14-27)25(32)9-11-26-35(33,34)23-7-8-24-21(17-23)10-12-29(24)19(2)31/h3-8,17,26H,9-16H2,1-2H3. The first-order chi connectivity index (χ1) is 16.7. The van der Waals surface area contributed by atoms with E-state index in [1.165, 1.54) is 19.9 Å². The van der Waals surface area contributed by atoms with Crippen LogP contribution in [0.15, 0.2) is 47.4 Å². The Kier molecular flexibility index (Phi) is 7.23. The summed E-state index contributed by atoms with van der Waals surface area (Å²) in [5.41, 5.74) is 3.26. The number of carbonyl (C=O) groups excluding carboxylic acids is 3. The smallest absolute Gasteiger partial charge is 0.240 e. The van der Waals surface area contributed by atoms with E-state index >= 15 is 0 Å². The first-order valence-corrected chi connectivity index (χ1v) is 13.2. The van der Waals surface area contributed by atoms with Crippen molar-refractivity contribution in [3.8, 4) is 0 Å². The second-order valence-corrected chi connectivity index (χ2v) is 10.6. The average Bonchev–Trinajstić information content (AvgIpc) is 3.28. The molecule has 2 aliphatic heterocycles. The van der Waals surface area contributed by atoms with Gasteiger partial charge in [0, 0.05) is 69.6 Å². The number of piperazine rings is 1. The highest BCUT2D eigenvalue weighted by molar-refractivity contribution is 7.89. The zero-order valence-corrected chi connectivity index (χ0v) is 20.8. The summed E-state index contributed by atoms with van der Waals surface area (Å²) in [6, 6.07) is 12.2. The summed E-state index contributed by atoms with van der Waals surface area (Å²) in [5, 5.41) is 0. The lowest BCUT2D eigenvalue weighted by atomic mass is 10.1. The van der Waals surface area contributed by atoms with Gasteiger partial charge in [-0.05, 0) is 61.4 Å². The van der Waals surface area contributed by atoms with Crippen molar-refractivity contribution in [1.29, 1.82) is 0 Å². The maximum Gasteiger partial charge on any atom is 0.240 e. The molecule has 2 aliphatic rings. The highest BCUT2D eigenvalue weighted by Crippen LogP contribution is 2.30. The number of Topliss-reactive ketones (excluding diaryl/α,β-unsaturated/α-hetero) is 1. The maximum absolute atomic E-state index is 12.7. The number of anilines is 2. The van der Waals surface area contributed by atoms with Crippen molar-refractivity contribution in [3.63, 3.8) is 0 Å². The van der Waals surface area contributed by atoms with E-state index < -0.39 is 10.0 Å². The van der Waals surface area contributed by atoms with Crippen LogP contribution in [0.25, 0.3) is 0 Å². The molecule has 0 atom stereocenters. The number of nitrogens with one attached hydrogen (secondary N) is 1. The fourth-order valence-electron chi connectivity index (χ4n) is 4.53. The molecule has 0 radical (unpaired) electrons. The lowest BCUT2D eigenvalue weighted by molar-refractivity contribution is -0.131. The van der Waals surface area contributed by atoms with Crippen LogP contribution in [-0.4, -0.2) is 70.2 Å². The zero-order valence-electron chi connectivity index (χ0n) is 20.0. The van der Waals surface area contributed by atoms with Crippen molar-refractivity contribution in [2.45, 2.75) is 31.6 Å². The molecular weight excluding hydrogens is 468 g/mol. The Morgan fingerprint density at radius 1 is 0.914 bits per heavy atom. The van der Waals surface area contributed by atoms with E-state index in [9.17, 15) is 22.8 Å². The van der Waals surface area contributed by atoms with E-state index in [-0.39, 0.29) is 35.5 Å². The van der Waals surface area contributed by atoms with Gasteiger partial charge in [0.1, 0.15) is 0 Å². The number of fused-ring (bicyclic) bond motifs is 1. The van der Waals surface area contributed by atoms with Crippen molar-refractivity contribution in [2.75, 3.05) is 49.1 Å². The van der Waals surface area contributed by atoms with Gasteiger partial charge >= 0.3 is 0 Å².